The molecule has 128 valence electrons. The Hall–Kier alpha value is -1.76. The highest BCUT2D eigenvalue weighted by atomic mass is 35.5. The van der Waals surface area contributed by atoms with Crippen molar-refractivity contribution in [3.63, 3.8) is 0 Å². The molecule has 0 unspecified atom stereocenters. The van der Waals surface area contributed by atoms with Crippen molar-refractivity contribution in [1.82, 2.24) is 0 Å². The molecule has 2 rings (SSSR count). The molecule has 0 heterocycles. The van der Waals surface area contributed by atoms with Crippen LogP contribution in [0.15, 0.2) is 36.4 Å². The van der Waals surface area contributed by atoms with Crippen molar-refractivity contribution in [2.24, 2.45) is 0 Å². The molecule has 0 fully saturated rings. The summed E-state index contributed by atoms with van der Waals surface area (Å²) < 4.78 is 24.2. The van der Waals surface area contributed by atoms with Crippen LogP contribution in [0, 0.1) is 6.92 Å². The lowest BCUT2D eigenvalue weighted by atomic mass is 10.1. The summed E-state index contributed by atoms with van der Waals surface area (Å²) in [5.74, 6) is -0.404. The second kappa shape index (κ2) is 7.01. The highest BCUT2D eigenvalue weighted by molar-refractivity contribution is 7.92. The van der Waals surface area contributed by atoms with Crippen LogP contribution in [0.4, 0.5) is 11.4 Å². The highest BCUT2D eigenvalue weighted by Crippen LogP contribution is 2.26. The van der Waals surface area contributed by atoms with Crippen molar-refractivity contribution in [3.05, 3.63) is 57.6 Å². The van der Waals surface area contributed by atoms with Crippen LogP contribution < -0.4 is 9.62 Å². The third kappa shape index (κ3) is 4.20. The van der Waals surface area contributed by atoms with Crippen molar-refractivity contribution < 1.29 is 13.2 Å². The Kier molecular flexibility index (Phi) is 5.42. The summed E-state index contributed by atoms with van der Waals surface area (Å²) in [6.07, 6.45) is 1.09. The Balaban J connectivity index is 2.29. The van der Waals surface area contributed by atoms with E-state index in [-0.39, 0.29) is 10.6 Å². The third-order valence-corrected chi connectivity index (χ3v) is 5.26. The Bertz CT molecular complexity index is 898. The number of carbonyl (C=O) groups is 1. The number of sulfonamides is 1. The van der Waals surface area contributed by atoms with Gasteiger partial charge in [-0.05, 0) is 42.8 Å². The summed E-state index contributed by atoms with van der Waals surface area (Å²) in [5, 5.41) is 3.41. The van der Waals surface area contributed by atoms with Gasteiger partial charge in [0.1, 0.15) is 0 Å². The number of nitrogens with one attached hydrogen (secondary N) is 1. The van der Waals surface area contributed by atoms with Crippen LogP contribution in [0.3, 0.4) is 0 Å². The molecule has 8 heteroatoms. The smallest absolute Gasteiger partial charge is 0.257 e. The molecule has 1 N–H and O–H groups in total. The van der Waals surface area contributed by atoms with E-state index in [1.165, 1.54) is 25.2 Å². The van der Waals surface area contributed by atoms with Gasteiger partial charge in [0, 0.05) is 17.8 Å². The van der Waals surface area contributed by atoms with E-state index in [9.17, 15) is 13.2 Å². The molecule has 1 amide bonds. The largest absolute Gasteiger partial charge is 0.322 e. The van der Waals surface area contributed by atoms with Gasteiger partial charge in [-0.15, -0.1) is 0 Å². The lowest BCUT2D eigenvalue weighted by molar-refractivity contribution is 0.102. The molecule has 0 spiro atoms. The lowest BCUT2D eigenvalue weighted by Gasteiger charge is -2.17. The van der Waals surface area contributed by atoms with Gasteiger partial charge in [-0.1, -0.05) is 29.3 Å². The standard InChI is InChI=1S/C16H16Cl2N2O3S/c1-10-4-5-11(17)8-15(10)19-16(21)13-7-6-12(9-14(13)18)20(2)24(3,22)23/h4-9H,1-3H3,(H,19,21). The number of hydrogen-bond donors (Lipinski definition) is 1. The molecule has 24 heavy (non-hydrogen) atoms. The fourth-order valence-corrected chi connectivity index (χ4v) is 2.92. The van der Waals surface area contributed by atoms with Crippen LogP contribution >= 0.6 is 23.2 Å². The van der Waals surface area contributed by atoms with E-state index in [1.807, 2.05) is 6.92 Å². The molecular weight excluding hydrogens is 371 g/mol. The molecule has 0 aromatic heterocycles. The topological polar surface area (TPSA) is 66.5 Å². The van der Waals surface area contributed by atoms with Crippen molar-refractivity contribution in [2.75, 3.05) is 22.9 Å². The number of aryl methyl sites for hydroxylation is 1. The monoisotopic (exact) mass is 386 g/mol. The van der Waals surface area contributed by atoms with E-state index < -0.39 is 15.9 Å². The summed E-state index contributed by atoms with van der Waals surface area (Å²) >= 11 is 12.1. The molecule has 0 aliphatic heterocycles. The minimum absolute atomic E-state index is 0.153. The normalized spacial score (nSPS) is 11.2. The zero-order valence-corrected chi connectivity index (χ0v) is 15.6. The third-order valence-electron chi connectivity index (χ3n) is 3.51. The summed E-state index contributed by atoms with van der Waals surface area (Å²) in [7, 11) is -1.99. The molecule has 0 aliphatic rings. The van der Waals surface area contributed by atoms with Gasteiger partial charge in [-0.2, -0.15) is 0 Å². The van der Waals surface area contributed by atoms with Crippen molar-refractivity contribution in [1.29, 1.82) is 0 Å². The fraction of sp³-hybridized carbons (Fsp3) is 0.188. The maximum atomic E-state index is 12.4. The second-order valence-corrected chi connectivity index (χ2v) is 8.17. The first-order valence-electron chi connectivity index (χ1n) is 6.90. The number of halogens is 2. The minimum Gasteiger partial charge on any atom is -0.322 e. The van der Waals surface area contributed by atoms with Crippen LogP contribution in [0.5, 0.6) is 0 Å². The van der Waals surface area contributed by atoms with Gasteiger partial charge in [-0.3, -0.25) is 9.10 Å². The Labute approximate surface area is 151 Å². The molecule has 5 nitrogen and oxygen atoms in total. The number of anilines is 2. The van der Waals surface area contributed by atoms with E-state index in [4.69, 9.17) is 23.2 Å². The number of benzene rings is 2. The minimum atomic E-state index is -3.41. The first-order chi connectivity index (χ1) is 11.1. The van der Waals surface area contributed by atoms with Gasteiger partial charge in [-0.25, -0.2) is 8.42 Å². The molecule has 0 aliphatic carbocycles. The lowest BCUT2D eigenvalue weighted by Crippen LogP contribution is -2.25. The van der Waals surface area contributed by atoms with E-state index >= 15 is 0 Å². The van der Waals surface area contributed by atoms with Crippen molar-refractivity contribution in [3.8, 4) is 0 Å². The molecular formula is C16H16Cl2N2O3S. The van der Waals surface area contributed by atoms with Crippen LogP contribution in [-0.4, -0.2) is 27.6 Å². The first-order valence-corrected chi connectivity index (χ1v) is 9.51. The average Bonchev–Trinajstić information content (AvgIpc) is 2.49. The number of hydrogen-bond acceptors (Lipinski definition) is 3. The molecule has 0 saturated heterocycles. The molecule has 2 aromatic rings. The number of rotatable bonds is 4. The predicted molar refractivity (Wildman–Crippen MR) is 98.8 cm³/mol. The zero-order valence-electron chi connectivity index (χ0n) is 13.3. The van der Waals surface area contributed by atoms with E-state index in [0.717, 1.165) is 16.1 Å². The second-order valence-electron chi connectivity index (χ2n) is 5.31. The fourth-order valence-electron chi connectivity index (χ4n) is 1.99. The zero-order chi connectivity index (χ0) is 18.1. The van der Waals surface area contributed by atoms with Gasteiger partial charge < -0.3 is 5.32 Å². The van der Waals surface area contributed by atoms with Gasteiger partial charge in [0.25, 0.3) is 5.91 Å². The Morgan fingerprint density at radius 1 is 1.12 bits per heavy atom. The SMILES string of the molecule is Cc1ccc(Cl)cc1NC(=O)c1ccc(N(C)S(C)(=O)=O)cc1Cl. The quantitative estimate of drug-likeness (QED) is 0.864. The number of carbonyl (C=O) groups excluding carboxylic acids is 1. The Morgan fingerprint density at radius 3 is 2.38 bits per heavy atom. The summed E-state index contributed by atoms with van der Waals surface area (Å²) in [6.45, 7) is 1.84. The van der Waals surface area contributed by atoms with Crippen LogP contribution in [-0.2, 0) is 10.0 Å². The van der Waals surface area contributed by atoms with Crippen LogP contribution in [0.25, 0.3) is 0 Å². The van der Waals surface area contributed by atoms with Crippen LogP contribution in [0.2, 0.25) is 10.0 Å². The highest BCUT2D eigenvalue weighted by Gasteiger charge is 2.16. The van der Waals surface area contributed by atoms with Gasteiger partial charge >= 0.3 is 0 Å². The number of amides is 1. The molecule has 0 saturated carbocycles. The van der Waals surface area contributed by atoms with Crippen molar-refractivity contribution in [2.45, 2.75) is 6.92 Å². The molecule has 0 bridgehead atoms. The summed E-state index contributed by atoms with van der Waals surface area (Å²) in [4.78, 5) is 12.4. The summed E-state index contributed by atoms with van der Waals surface area (Å²) in [6, 6.07) is 9.61. The maximum Gasteiger partial charge on any atom is 0.257 e. The summed E-state index contributed by atoms with van der Waals surface area (Å²) in [5.41, 5.74) is 2.05. The first kappa shape index (κ1) is 18.6. The van der Waals surface area contributed by atoms with Gasteiger partial charge in [0.15, 0.2) is 0 Å². The molecule has 2 aromatic carbocycles. The van der Waals surface area contributed by atoms with Crippen LogP contribution in [0.1, 0.15) is 15.9 Å². The van der Waals surface area contributed by atoms with Crippen molar-refractivity contribution >= 4 is 50.5 Å². The van der Waals surface area contributed by atoms with E-state index in [1.54, 1.807) is 18.2 Å². The van der Waals surface area contributed by atoms with E-state index in [2.05, 4.69) is 5.32 Å². The molecule has 0 radical (unpaired) electrons. The van der Waals surface area contributed by atoms with Gasteiger partial charge in [0.05, 0.1) is 22.5 Å². The average molecular weight is 387 g/mol. The molecule has 0 atom stereocenters. The number of nitrogens with zero attached hydrogens (tertiary/aromatic N) is 1. The maximum absolute atomic E-state index is 12.4. The predicted octanol–water partition coefficient (Wildman–Crippen LogP) is 3.95. The Morgan fingerprint density at radius 2 is 1.79 bits per heavy atom. The van der Waals surface area contributed by atoms with Gasteiger partial charge in [0.2, 0.25) is 10.0 Å². The van der Waals surface area contributed by atoms with E-state index in [0.29, 0.717) is 16.4 Å².